The molecule has 214 valence electrons. The van der Waals surface area contributed by atoms with Crippen molar-refractivity contribution >= 4 is 49.8 Å². The fourth-order valence-electron chi connectivity index (χ4n) is 7.38. The molecule has 0 bridgehead atoms. The third-order valence-electron chi connectivity index (χ3n) is 9.63. The van der Waals surface area contributed by atoms with E-state index in [1.54, 1.807) is 0 Å². The first-order chi connectivity index (χ1) is 22.1. The lowest BCUT2D eigenvalue weighted by Crippen LogP contribution is -2.16. The Morgan fingerprint density at radius 1 is 0.467 bits per heavy atom. The molecule has 0 spiro atoms. The smallest absolute Gasteiger partial charge is 0.136 e. The Morgan fingerprint density at radius 2 is 1.16 bits per heavy atom. The van der Waals surface area contributed by atoms with Crippen LogP contribution >= 0.6 is 0 Å². The van der Waals surface area contributed by atoms with Crippen molar-refractivity contribution in [3.05, 3.63) is 163 Å². The second-order valence-corrected chi connectivity index (χ2v) is 12.6. The van der Waals surface area contributed by atoms with Gasteiger partial charge in [0.25, 0.3) is 0 Å². The average Bonchev–Trinajstić information content (AvgIpc) is 3.55. The molecule has 0 fully saturated rings. The van der Waals surface area contributed by atoms with Gasteiger partial charge in [-0.15, -0.1) is 0 Å². The van der Waals surface area contributed by atoms with E-state index in [1.165, 1.54) is 38.8 Å². The predicted molar refractivity (Wildman–Crippen MR) is 189 cm³/mol. The number of rotatable bonds is 4. The Labute approximate surface area is 262 Å². The first-order valence-corrected chi connectivity index (χ1v) is 15.6. The molecule has 1 aromatic heterocycles. The quantitative estimate of drug-likeness (QED) is 0.207. The van der Waals surface area contributed by atoms with Gasteiger partial charge in [-0.2, -0.15) is 0 Å². The Morgan fingerprint density at radius 3 is 2.04 bits per heavy atom. The van der Waals surface area contributed by atoms with E-state index in [0.717, 1.165) is 44.4 Å². The van der Waals surface area contributed by atoms with Gasteiger partial charge in [-0.25, -0.2) is 0 Å². The van der Waals surface area contributed by atoms with Gasteiger partial charge in [0.1, 0.15) is 11.2 Å². The summed E-state index contributed by atoms with van der Waals surface area (Å²) < 4.78 is 6.30. The zero-order valence-electron chi connectivity index (χ0n) is 25.3. The minimum Gasteiger partial charge on any atom is -0.456 e. The number of furan rings is 1. The van der Waals surface area contributed by atoms with Crippen LogP contribution in [-0.4, -0.2) is 0 Å². The molecule has 2 heteroatoms. The first kappa shape index (κ1) is 25.9. The van der Waals surface area contributed by atoms with Crippen molar-refractivity contribution in [3.63, 3.8) is 0 Å². The summed E-state index contributed by atoms with van der Waals surface area (Å²) in [6, 6.07) is 54.8. The maximum atomic E-state index is 6.30. The SMILES string of the molecule is CC1(C)c2ccccc2-c2ccc(N(c3ccc4cc5c(cc4c3)oc3ccccc35)c3ccccc3-c3ccccc3)cc21. The normalized spacial score (nSPS) is 13.3. The number of hydrogen-bond donors (Lipinski definition) is 0. The second-order valence-electron chi connectivity index (χ2n) is 12.6. The Hall–Kier alpha value is -5.60. The molecule has 0 saturated carbocycles. The van der Waals surface area contributed by atoms with Gasteiger partial charge in [-0.1, -0.05) is 117 Å². The molecule has 1 heterocycles. The molecule has 0 N–H and O–H groups in total. The molecule has 1 aliphatic carbocycles. The molecule has 9 rings (SSSR count). The van der Waals surface area contributed by atoms with Gasteiger partial charge in [0.2, 0.25) is 0 Å². The van der Waals surface area contributed by atoms with Crippen molar-refractivity contribution in [1.29, 1.82) is 0 Å². The predicted octanol–water partition coefficient (Wildman–Crippen LogP) is 12.2. The molecule has 7 aromatic carbocycles. The van der Waals surface area contributed by atoms with E-state index in [2.05, 4.69) is 158 Å². The molecule has 0 unspecified atom stereocenters. The third kappa shape index (κ3) is 3.96. The van der Waals surface area contributed by atoms with Crippen LogP contribution in [0.1, 0.15) is 25.0 Å². The summed E-state index contributed by atoms with van der Waals surface area (Å²) in [6.45, 7) is 4.69. The van der Waals surface area contributed by atoms with E-state index >= 15 is 0 Å². The summed E-state index contributed by atoms with van der Waals surface area (Å²) in [6.07, 6.45) is 0. The molecule has 45 heavy (non-hydrogen) atoms. The van der Waals surface area contributed by atoms with Gasteiger partial charge >= 0.3 is 0 Å². The summed E-state index contributed by atoms with van der Waals surface area (Å²) in [4.78, 5) is 2.42. The topological polar surface area (TPSA) is 16.4 Å². The van der Waals surface area contributed by atoms with E-state index in [-0.39, 0.29) is 5.41 Å². The van der Waals surface area contributed by atoms with Crippen LogP contribution in [0.5, 0.6) is 0 Å². The van der Waals surface area contributed by atoms with E-state index < -0.39 is 0 Å². The number of hydrogen-bond acceptors (Lipinski definition) is 2. The molecule has 0 radical (unpaired) electrons. The largest absolute Gasteiger partial charge is 0.456 e. The number of benzene rings is 7. The fraction of sp³-hybridized carbons (Fsp3) is 0.0698. The summed E-state index contributed by atoms with van der Waals surface area (Å²) >= 11 is 0. The van der Waals surface area contributed by atoms with Crippen LogP contribution in [0.2, 0.25) is 0 Å². The number of para-hydroxylation sites is 2. The summed E-state index contributed by atoms with van der Waals surface area (Å²) in [5.74, 6) is 0. The van der Waals surface area contributed by atoms with E-state index in [9.17, 15) is 0 Å². The van der Waals surface area contributed by atoms with Gasteiger partial charge < -0.3 is 9.32 Å². The molecule has 0 saturated heterocycles. The van der Waals surface area contributed by atoms with Gasteiger partial charge in [0, 0.05) is 33.1 Å². The highest BCUT2D eigenvalue weighted by atomic mass is 16.3. The Bertz CT molecular complexity index is 2410. The van der Waals surface area contributed by atoms with Gasteiger partial charge in [-0.05, 0) is 87.1 Å². The molecule has 1 aliphatic rings. The Balaban J connectivity index is 1.28. The lowest BCUT2D eigenvalue weighted by Gasteiger charge is -2.30. The zero-order chi connectivity index (χ0) is 30.1. The highest BCUT2D eigenvalue weighted by molar-refractivity contribution is 6.10. The van der Waals surface area contributed by atoms with E-state index in [4.69, 9.17) is 4.42 Å². The summed E-state index contributed by atoms with van der Waals surface area (Å²) in [5, 5.41) is 4.64. The molecular weight excluding hydrogens is 546 g/mol. The van der Waals surface area contributed by atoms with Crippen molar-refractivity contribution in [2.75, 3.05) is 4.90 Å². The van der Waals surface area contributed by atoms with Crippen molar-refractivity contribution in [2.45, 2.75) is 19.3 Å². The maximum absolute atomic E-state index is 6.30. The minimum atomic E-state index is -0.0944. The number of anilines is 3. The van der Waals surface area contributed by atoms with E-state index in [1.807, 2.05) is 12.1 Å². The lowest BCUT2D eigenvalue weighted by atomic mass is 9.82. The molecule has 0 amide bonds. The molecular formula is C43H31NO. The lowest BCUT2D eigenvalue weighted by molar-refractivity contribution is 0.660. The first-order valence-electron chi connectivity index (χ1n) is 15.6. The van der Waals surface area contributed by atoms with Gasteiger partial charge in [0.15, 0.2) is 0 Å². The highest BCUT2D eigenvalue weighted by Gasteiger charge is 2.35. The second kappa shape index (κ2) is 9.70. The number of nitrogens with zero attached hydrogens (tertiary/aromatic N) is 1. The monoisotopic (exact) mass is 577 g/mol. The van der Waals surface area contributed by atoms with Crippen LogP contribution in [0.3, 0.4) is 0 Å². The van der Waals surface area contributed by atoms with Crippen LogP contribution in [0.25, 0.3) is 55.0 Å². The fourth-order valence-corrected chi connectivity index (χ4v) is 7.38. The molecule has 2 nitrogen and oxygen atoms in total. The molecule has 8 aromatic rings. The van der Waals surface area contributed by atoms with Crippen LogP contribution in [0, 0.1) is 0 Å². The molecule has 0 aliphatic heterocycles. The maximum Gasteiger partial charge on any atom is 0.136 e. The number of fused-ring (bicyclic) bond motifs is 7. The summed E-state index contributed by atoms with van der Waals surface area (Å²) in [7, 11) is 0. The zero-order valence-corrected chi connectivity index (χ0v) is 25.3. The highest BCUT2D eigenvalue weighted by Crippen LogP contribution is 2.51. The van der Waals surface area contributed by atoms with Crippen molar-refractivity contribution in [3.8, 4) is 22.3 Å². The van der Waals surface area contributed by atoms with Crippen LogP contribution < -0.4 is 4.90 Å². The van der Waals surface area contributed by atoms with Gasteiger partial charge in [-0.3, -0.25) is 0 Å². The minimum absolute atomic E-state index is 0.0944. The van der Waals surface area contributed by atoms with Crippen LogP contribution in [-0.2, 0) is 5.41 Å². The average molecular weight is 578 g/mol. The van der Waals surface area contributed by atoms with Crippen LogP contribution in [0.15, 0.2) is 156 Å². The molecule has 0 atom stereocenters. The van der Waals surface area contributed by atoms with Crippen molar-refractivity contribution < 1.29 is 4.42 Å². The summed E-state index contributed by atoms with van der Waals surface area (Å²) in [5.41, 5.74) is 12.9. The standard InChI is InChI=1S/C43H31NO/c1-43(2)38-17-9-6-15-34(38)35-23-22-32(27-39(35)43)44(40-18-10-7-14-33(40)28-12-4-3-5-13-28)31-21-20-29-25-37-36-16-8-11-19-41(36)45-42(37)26-30(29)24-31/h3-27H,1-2H3. The van der Waals surface area contributed by atoms with Crippen molar-refractivity contribution in [2.24, 2.45) is 0 Å². The van der Waals surface area contributed by atoms with E-state index in [0.29, 0.717) is 0 Å². The van der Waals surface area contributed by atoms with Crippen molar-refractivity contribution in [1.82, 2.24) is 0 Å². The van der Waals surface area contributed by atoms with Crippen LogP contribution in [0.4, 0.5) is 17.1 Å². The van der Waals surface area contributed by atoms with Gasteiger partial charge in [0.05, 0.1) is 5.69 Å². The Kier molecular flexibility index (Phi) is 5.58. The third-order valence-corrected chi connectivity index (χ3v) is 9.63.